The standard InChI is InChI=1S/C11H13FN2O2S/c1-3-8(4-2)14-17(15,16)9-5-6-10(12)11(13)7-9/h1,5-8,14H,4,13H2,2H3. The molecule has 1 rings (SSSR count). The van der Waals surface area contributed by atoms with Gasteiger partial charge in [0.25, 0.3) is 0 Å². The Kier molecular flexibility index (Phi) is 4.10. The van der Waals surface area contributed by atoms with Crippen LogP contribution in [0.25, 0.3) is 0 Å². The highest BCUT2D eigenvalue weighted by Gasteiger charge is 2.18. The molecule has 0 heterocycles. The Morgan fingerprint density at radius 1 is 1.59 bits per heavy atom. The van der Waals surface area contributed by atoms with Crippen LogP contribution in [0.15, 0.2) is 23.1 Å². The predicted octanol–water partition coefficient (Wildman–Crippen LogP) is 1.10. The monoisotopic (exact) mass is 256 g/mol. The summed E-state index contributed by atoms with van der Waals surface area (Å²) in [6, 6.07) is 2.60. The number of benzene rings is 1. The SMILES string of the molecule is C#CC(CC)NS(=O)(=O)c1ccc(F)c(N)c1. The molecule has 3 N–H and O–H groups in total. The first kappa shape index (κ1) is 13.5. The van der Waals surface area contributed by atoms with Crippen molar-refractivity contribution in [2.24, 2.45) is 0 Å². The van der Waals surface area contributed by atoms with Crippen molar-refractivity contribution in [2.75, 3.05) is 5.73 Å². The fourth-order valence-corrected chi connectivity index (χ4v) is 2.45. The zero-order valence-electron chi connectivity index (χ0n) is 9.27. The third-order valence-electron chi connectivity index (χ3n) is 2.18. The van der Waals surface area contributed by atoms with E-state index in [1.54, 1.807) is 6.92 Å². The van der Waals surface area contributed by atoms with E-state index in [1.165, 1.54) is 0 Å². The molecule has 0 amide bonds. The number of anilines is 1. The van der Waals surface area contributed by atoms with E-state index < -0.39 is 21.9 Å². The number of rotatable bonds is 4. The lowest BCUT2D eigenvalue weighted by atomic mass is 10.3. The van der Waals surface area contributed by atoms with E-state index in [9.17, 15) is 12.8 Å². The van der Waals surface area contributed by atoms with Crippen molar-refractivity contribution in [1.29, 1.82) is 0 Å². The zero-order valence-corrected chi connectivity index (χ0v) is 10.1. The largest absolute Gasteiger partial charge is 0.396 e. The molecule has 6 heteroatoms. The molecule has 17 heavy (non-hydrogen) atoms. The van der Waals surface area contributed by atoms with Gasteiger partial charge < -0.3 is 5.73 Å². The van der Waals surface area contributed by atoms with Crippen molar-refractivity contribution in [3.8, 4) is 12.3 Å². The van der Waals surface area contributed by atoms with E-state index in [0.29, 0.717) is 6.42 Å². The van der Waals surface area contributed by atoms with Gasteiger partial charge in [0.2, 0.25) is 10.0 Å². The maximum Gasteiger partial charge on any atom is 0.241 e. The summed E-state index contributed by atoms with van der Waals surface area (Å²) >= 11 is 0. The minimum Gasteiger partial charge on any atom is -0.396 e. The van der Waals surface area contributed by atoms with Crippen LogP contribution in [0, 0.1) is 18.2 Å². The van der Waals surface area contributed by atoms with Crippen molar-refractivity contribution in [3.63, 3.8) is 0 Å². The number of nitrogens with one attached hydrogen (secondary N) is 1. The Bertz CT molecular complexity index is 549. The Balaban J connectivity index is 3.06. The Labute approximate surface area is 100 Å². The first-order valence-corrected chi connectivity index (χ1v) is 6.42. The number of sulfonamides is 1. The first-order chi connectivity index (χ1) is 7.90. The van der Waals surface area contributed by atoms with Gasteiger partial charge in [0, 0.05) is 0 Å². The van der Waals surface area contributed by atoms with E-state index in [0.717, 1.165) is 18.2 Å². The number of hydrogen-bond donors (Lipinski definition) is 2. The molecule has 0 aliphatic carbocycles. The lowest BCUT2D eigenvalue weighted by Gasteiger charge is -2.11. The van der Waals surface area contributed by atoms with Gasteiger partial charge in [-0.25, -0.2) is 12.8 Å². The van der Waals surface area contributed by atoms with E-state index in [1.807, 2.05) is 0 Å². The van der Waals surface area contributed by atoms with Crippen molar-refractivity contribution < 1.29 is 12.8 Å². The van der Waals surface area contributed by atoms with Gasteiger partial charge in [0.05, 0.1) is 16.6 Å². The van der Waals surface area contributed by atoms with Gasteiger partial charge in [0.15, 0.2) is 0 Å². The number of nitrogen functional groups attached to an aromatic ring is 1. The normalized spacial score (nSPS) is 13.0. The molecule has 0 saturated heterocycles. The quantitative estimate of drug-likeness (QED) is 0.626. The van der Waals surface area contributed by atoms with E-state index in [4.69, 9.17) is 12.2 Å². The molecule has 0 spiro atoms. The van der Waals surface area contributed by atoms with Crippen LogP contribution in [0.3, 0.4) is 0 Å². The summed E-state index contributed by atoms with van der Waals surface area (Å²) in [7, 11) is -3.76. The lowest BCUT2D eigenvalue weighted by Crippen LogP contribution is -2.33. The third-order valence-corrected chi connectivity index (χ3v) is 3.65. The summed E-state index contributed by atoms with van der Waals surface area (Å²) < 4.78 is 38.9. The molecule has 1 unspecified atom stereocenters. The number of hydrogen-bond acceptors (Lipinski definition) is 3. The summed E-state index contributed by atoms with van der Waals surface area (Å²) in [4.78, 5) is -0.106. The Hall–Kier alpha value is -1.58. The molecule has 0 aliphatic heterocycles. The molecular weight excluding hydrogens is 243 g/mol. The first-order valence-electron chi connectivity index (χ1n) is 4.94. The second kappa shape index (κ2) is 5.17. The van der Waals surface area contributed by atoms with Crippen molar-refractivity contribution in [1.82, 2.24) is 4.72 Å². The molecule has 92 valence electrons. The van der Waals surface area contributed by atoms with Crippen LogP contribution in [-0.2, 0) is 10.0 Å². The molecule has 1 aromatic carbocycles. The van der Waals surface area contributed by atoms with E-state index in [-0.39, 0.29) is 10.6 Å². The zero-order chi connectivity index (χ0) is 13.1. The second-order valence-corrected chi connectivity index (χ2v) is 5.15. The molecule has 0 radical (unpaired) electrons. The van der Waals surface area contributed by atoms with Crippen LogP contribution < -0.4 is 10.5 Å². The number of terminal acetylenes is 1. The molecule has 0 saturated carbocycles. The average Bonchev–Trinajstić information content (AvgIpc) is 2.29. The molecule has 4 nitrogen and oxygen atoms in total. The molecule has 0 fully saturated rings. The van der Waals surface area contributed by atoms with Gasteiger partial charge >= 0.3 is 0 Å². The van der Waals surface area contributed by atoms with E-state index >= 15 is 0 Å². The maximum atomic E-state index is 12.9. The Morgan fingerprint density at radius 2 is 2.24 bits per heavy atom. The second-order valence-electron chi connectivity index (χ2n) is 3.43. The van der Waals surface area contributed by atoms with Crippen molar-refractivity contribution in [3.05, 3.63) is 24.0 Å². The van der Waals surface area contributed by atoms with Crippen molar-refractivity contribution >= 4 is 15.7 Å². The highest BCUT2D eigenvalue weighted by molar-refractivity contribution is 7.89. The summed E-state index contributed by atoms with van der Waals surface area (Å²) in [6.07, 6.45) is 5.63. The Morgan fingerprint density at radius 3 is 2.71 bits per heavy atom. The highest BCUT2D eigenvalue weighted by atomic mass is 32.2. The molecule has 0 aromatic heterocycles. The molecular formula is C11H13FN2O2S. The van der Waals surface area contributed by atoms with Crippen LogP contribution in [0.5, 0.6) is 0 Å². The predicted molar refractivity (Wildman–Crippen MR) is 64.0 cm³/mol. The topological polar surface area (TPSA) is 72.2 Å². The number of halogens is 1. The fraction of sp³-hybridized carbons (Fsp3) is 0.273. The summed E-state index contributed by atoms with van der Waals surface area (Å²) in [5.74, 6) is 1.65. The minimum absolute atomic E-state index is 0.106. The van der Waals surface area contributed by atoms with Gasteiger partial charge in [-0.3, -0.25) is 0 Å². The van der Waals surface area contributed by atoms with Gasteiger partial charge in [-0.05, 0) is 24.6 Å². The molecule has 0 aliphatic rings. The average molecular weight is 256 g/mol. The van der Waals surface area contributed by atoms with Crippen LogP contribution in [0.4, 0.5) is 10.1 Å². The molecule has 1 aromatic rings. The van der Waals surface area contributed by atoms with Crippen LogP contribution in [0.2, 0.25) is 0 Å². The van der Waals surface area contributed by atoms with Crippen LogP contribution in [0.1, 0.15) is 13.3 Å². The molecule has 0 bridgehead atoms. The van der Waals surface area contributed by atoms with Gasteiger partial charge in [-0.15, -0.1) is 6.42 Å². The van der Waals surface area contributed by atoms with Crippen molar-refractivity contribution in [2.45, 2.75) is 24.3 Å². The highest BCUT2D eigenvalue weighted by Crippen LogP contribution is 2.16. The number of nitrogens with two attached hydrogens (primary N) is 1. The van der Waals surface area contributed by atoms with Crippen LogP contribution >= 0.6 is 0 Å². The lowest BCUT2D eigenvalue weighted by molar-refractivity contribution is 0.570. The minimum atomic E-state index is -3.76. The fourth-order valence-electron chi connectivity index (χ4n) is 1.18. The van der Waals surface area contributed by atoms with Gasteiger partial charge in [-0.1, -0.05) is 12.8 Å². The summed E-state index contributed by atoms with van der Waals surface area (Å²) in [5, 5.41) is 0. The smallest absolute Gasteiger partial charge is 0.241 e. The third kappa shape index (κ3) is 3.19. The van der Waals surface area contributed by atoms with E-state index in [2.05, 4.69) is 10.6 Å². The van der Waals surface area contributed by atoms with Gasteiger partial charge in [0.1, 0.15) is 5.82 Å². The van der Waals surface area contributed by atoms with Crippen LogP contribution in [-0.4, -0.2) is 14.5 Å². The maximum absolute atomic E-state index is 12.9. The summed E-state index contributed by atoms with van der Waals surface area (Å²) in [5.41, 5.74) is 5.08. The van der Waals surface area contributed by atoms with Gasteiger partial charge in [-0.2, -0.15) is 4.72 Å². The summed E-state index contributed by atoms with van der Waals surface area (Å²) in [6.45, 7) is 1.76. The molecule has 1 atom stereocenters.